The Morgan fingerprint density at radius 3 is 1.38 bits per heavy atom. The van der Waals surface area contributed by atoms with Gasteiger partial charge in [0, 0.05) is 23.5 Å². The Hall–Kier alpha value is -4.32. The zero-order chi connectivity index (χ0) is 21.9. The van der Waals surface area contributed by atoms with Crippen LogP contribution in [0, 0.1) is 0 Å². The van der Waals surface area contributed by atoms with Crippen LogP contribution < -0.4 is 0 Å². The molecule has 5 aromatic rings. The lowest BCUT2D eigenvalue weighted by molar-refractivity contribution is 0.476. The van der Waals surface area contributed by atoms with Crippen molar-refractivity contribution in [2.75, 3.05) is 0 Å². The predicted molar refractivity (Wildman–Crippen MR) is 123 cm³/mol. The summed E-state index contributed by atoms with van der Waals surface area (Å²) in [4.78, 5) is 0. The van der Waals surface area contributed by atoms with Crippen LogP contribution in [0.4, 0.5) is 0 Å². The third-order valence-corrected chi connectivity index (χ3v) is 5.42. The quantitative estimate of drug-likeness (QED) is 0.407. The molecule has 0 amide bonds. The molecule has 0 unspecified atom stereocenters. The van der Waals surface area contributed by atoms with Gasteiger partial charge in [0.1, 0.15) is 11.5 Å². The Labute approximate surface area is 185 Å². The molecule has 0 aliphatic heterocycles. The van der Waals surface area contributed by atoms with E-state index in [4.69, 9.17) is 0 Å². The van der Waals surface area contributed by atoms with Crippen molar-refractivity contribution < 1.29 is 10.2 Å². The van der Waals surface area contributed by atoms with Crippen LogP contribution in [-0.2, 0) is 13.1 Å². The number of hydrogen-bond acceptors (Lipinski definition) is 4. The van der Waals surface area contributed by atoms with Gasteiger partial charge in [-0.1, -0.05) is 48.5 Å². The number of phenolic OH excluding ortho intramolecular Hbond substituents is 2. The largest absolute Gasteiger partial charge is 0.507 e. The lowest BCUT2D eigenvalue weighted by atomic mass is 10.1. The summed E-state index contributed by atoms with van der Waals surface area (Å²) in [6.45, 7) is 1.22. The van der Waals surface area contributed by atoms with Gasteiger partial charge in [-0.3, -0.25) is 9.36 Å². The lowest BCUT2D eigenvalue weighted by Gasteiger charge is -2.10. The smallest absolute Gasteiger partial charge is 0.125 e. The summed E-state index contributed by atoms with van der Waals surface area (Å²) in [7, 11) is 0. The lowest BCUT2D eigenvalue weighted by Crippen LogP contribution is -2.07. The van der Waals surface area contributed by atoms with Crippen LogP contribution >= 0.6 is 0 Å². The molecule has 0 atom stereocenters. The topological polar surface area (TPSA) is 76.1 Å². The molecule has 2 heterocycles. The van der Waals surface area contributed by atoms with Crippen LogP contribution in [0.3, 0.4) is 0 Å². The highest BCUT2D eigenvalue weighted by Crippen LogP contribution is 2.28. The van der Waals surface area contributed by atoms with Crippen LogP contribution in [0.2, 0.25) is 0 Å². The van der Waals surface area contributed by atoms with E-state index < -0.39 is 0 Å². The number of para-hydroxylation sites is 2. The van der Waals surface area contributed by atoms with Gasteiger partial charge in [-0.05, 0) is 47.5 Å². The molecule has 0 spiro atoms. The van der Waals surface area contributed by atoms with Gasteiger partial charge in [0.2, 0.25) is 0 Å². The first-order valence-electron chi connectivity index (χ1n) is 10.4. The molecule has 0 aliphatic carbocycles. The normalized spacial score (nSPS) is 11.0. The van der Waals surface area contributed by atoms with E-state index in [0.717, 1.165) is 22.5 Å². The Balaban J connectivity index is 1.37. The van der Waals surface area contributed by atoms with Gasteiger partial charge >= 0.3 is 0 Å². The average Bonchev–Trinajstić information content (AvgIpc) is 3.46. The molecule has 0 bridgehead atoms. The van der Waals surface area contributed by atoms with Crippen molar-refractivity contribution in [1.29, 1.82) is 0 Å². The molecule has 0 radical (unpaired) electrons. The predicted octanol–water partition coefficient (Wildman–Crippen LogP) is 4.92. The molecule has 5 rings (SSSR count). The molecule has 2 N–H and O–H groups in total. The highest BCUT2D eigenvalue weighted by molar-refractivity contribution is 5.66. The van der Waals surface area contributed by atoms with Crippen LogP contribution in [0.15, 0.2) is 97.3 Å². The fourth-order valence-corrected chi connectivity index (χ4v) is 3.78. The van der Waals surface area contributed by atoms with E-state index in [9.17, 15) is 10.2 Å². The fourth-order valence-electron chi connectivity index (χ4n) is 3.78. The zero-order valence-corrected chi connectivity index (χ0v) is 17.3. The summed E-state index contributed by atoms with van der Waals surface area (Å²) in [6.07, 6.45) is 3.84. The van der Waals surface area contributed by atoms with Crippen LogP contribution in [0.1, 0.15) is 11.1 Å². The Bertz CT molecular complexity index is 1260. The van der Waals surface area contributed by atoms with Gasteiger partial charge in [-0.15, -0.1) is 0 Å². The summed E-state index contributed by atoms with van der Waals surface area (Å²) >= 11 is 0. The molecule has 2 aromatic heterocycles. The second-order valence-corrected chi connectivity index (χ2v) is 7.60. The zero-order valence-electron chi connectivity index (χ0n) is 17.3. The molecular weight excluding hydrogens is 400 g/mol. The van der Waals surface area contributed by atoms with Crippen molar-refractivity contribution in [3.8, 4) is 34.0 Å². The number of benzene rings is 3. The first kappa shape index (κ1) is 19.6. The number of hydrogen-bond donors (Lipinski definition) is 2. The number of rotatable bonds is 6. The van der Waals surface area contributed by atoms with Crippen molar-refractivity contribution in [2.45, 2.75) is 13.1 Å². The summed E-state index contributed by atoms with van der Waals surface area (Å²) < 4.78 is 3.74. The molecule has 6 heteroatoms. The van der Waals surface area contributed by atoms with Crippen molar-refractivity contribution in [1.82, 2.24) is 19.6 Å². The van der Waals surface area contributed by atoms with E-state index in [1.807, 2.05) is 70.3 Å². The van der Waals surface area contributed by atoms with Gasteiger partial charge in [-0.25, -0.2) is 0 Å². The first-order valence-corrected chi connectivity index (χ1v) is 10.4. The molecular formula is C26H22N4O2. The molecule has 32 heavy (non-hydrogen) atoms. The van der Waals surface area contributed by atoms with E-state index in [1.165, 1.54) is 0 Å². The van der Waals surface area contributed by atoms with E-state index in [-0.39, 0.29) is 11.5 Å². The third-order valence-electron chi connectivity index (χ3n) is 5.42. The molecule has 0 fully saturated rings. The molecule has 158 valence electrons. The van der Waals surface area contributed by atoms with Gasteiger partial charge in [-0.2, -0.15) is 10.2 Å². The minimum atomic E-state index is 0.220. The van der Waals surface area contributed by atoms with Gasteiger partial charge in [0.05, 0.1) is 24.5 Å². The average molecular weight is 422 g/mol. The summed E-state index contributed by atoms with van der Waals surface area (Å²) in [6, 6.07) is 26.4. The Morgan fingerprint density at radius 2 is 0.938 bits per heavy atom. The molecule has 0 saturated heterocycles. The highest BCUT2D eigenvalue weighted by atomic mass is 16.3. The van der Waals surface area contributed by atoms with E-state index in [1.54, 1.807) is 24.3 Å². The standard InChI is InChI=1S/C26H22N4O2/c31-25-11-5-3-9-21(25)23-13-15-29(27-23)17-19-7-1-2-8-20(19)18-30-16-14-24(28-30)22-10-4-6-12-26(22)32/h1-16,31-32H,17-18H2. The monoisotopic (exact) mass is 422 g/mol. The summed E-state index contributed by atoms with van der Waals surface area (Å²) in [5.41, 5.74) is 5.18. The first-order chi connectivity index (χ1) is 15.7. The highest BCUT2D eigenvalue weighted by Gasteiger charge is 2.11. The van der Waals surface area contributed by atoms with Crippen molar-refractivity contribution in [3.05, 3.63) is 108 Å². The molecule has 3 aromatic carbocycles. The Kier molecular flexibility index (Phi) is 5.17. The number of phenols is 2. The number of aromatic nitrogens is 4. The number of aromatic hydroxyl groups is 2. The second kappa shape index (κ2) is 8.43. The molecule has 0 aliphatic rings. The third kappa shape index (κ3) is 3.98. The van der Waals surface area contributed by atoms with Gasteiger partial charge in [0.15, 0.2) is 0 Å². The van der Waals surface area contributed by atoms with Gasteiger partial charge < -0.3 is 10.2 Å². The molecule has 6 nitrogen and oxygen atoms in total. The van der Waals surface area contributed by atoms with Crippen molar-refractivity contribution in [3.63, 3.8) is 0 Å². The maximum absolute atomic E-state index is 10.1. The van der Waals surface area contributed by atoms with Crippen LogP contribution in [0.25, 0.3) is 22.5 Å². The Morgan fingerprint density at radius 1 is 0.531 bits per heavy atom. The number of nitrogens with zero attached hydrogens (tertiary/aromatic N) is 4. The molecule has 0 saturated carbocycles. The minimum Gasteiger partial charge on any atom is -0.507 e. The van der Waals surface area contributed by atoms with E-state index in [0.29, 0.717) is 24.2 Å². The van der Waals surface area contributed by atoms with E-state index in [2.05, 4.69) is 22.3 Å². The van der Waals surface area contributed by atoms with E-state index >= 15 is 0 Å². The van der Waals surface area contributed by atoms with Crippen LogP contribution in [-0.4, -0.2) is 29.8 Å². The maximum atomic E-state index is 10.1. The van der Waals surface area contributed by atoms with Crippen molar-refractivity contribution >= 4 is 0 Å². The summed E-state index contributed by atoms with van der Waals surface area (Å²) in [5.74, 6) is 0.439. The van der Waals surface area contributed by atoms with Crippen molar-refractivity contribution in [2.24, 2.45) is 0 Å². The fraction of sp³-hybridized carbons (Fsp3) is 0.0769. The van der Waals surface area contributed by atoms with Crippen LogP contribution in [0.5, 0.6) is 11.5 Å². The van der Waals surface area contributed by atoms with Gasteiger partial charge in [0.25, 0.3) is 0 Å². The SMILES string of the molecule is Oc1ccccc1-c1ccn(Cc2ccccc2Cn2ccc(-c3ccccc3O)n2)n1. The minimum absolute atomic E-state index is 0.220. The maximum Gasteiger partial charge on any atom is 0.125 e. The second-order valence-electron chi connectivity index (χ2n) is 7.60. The summed E-state index contributed by atoms with van der Waals surface area (Å²) in [5, 5.41) is 29.5.